The summed E-state index contributed by atoms with van der Waals surface area (Å²) in [6, 6.07) is 0.271. The van der Waals surface area contributed by atoms with Gasteiger partial charge < -0.3 is 5.32 Å². The van der Waals surface area contributed by atoms with Crippen molar-refractivity contribution in [2.75, 3.05) is 0 Å². The number of aromatic nitrogens is 2. The highest BCUT2D eigenvalue weighted by Gasteiger charge is 2.17. The minimum absolute atomic E-state index is 0.0605. The van der Waals surface area contributed by atoms with E-state index in [4.69, 9.17) is 0 Å². The van der Waals surface area contributed by atoms with Crippen LogP contribution in [0.3, 0.4) is 0 Å². The molecular weight excluding hydrogens is 357 g/mol. The number of aryl methyl sites for hydroxylation is 1. The molecule has 19 heavy (non-hydrogen) atoms. The molecule has 1 amide bonds. The Labute approximate surface area is 125 Å². The Morgan fingerprint density at radius 2 is 2.16 bits per heavy atom. The third-order valence-corrected chi connectivity index (χ3v) is 4.22. The van der Waals surface area contributed by atoms with Crippen molar-refractivity contribution < 1.29 is 4.79 Å². The van der Waals surface area contributed by atoms with E-state index in [1.807, 2.05) is 22.6 Å². The first kappa shape index (κ1) is 14.5. The van der Waals surface area contributed by atoms with Gasteiger partial charge in [-0.1, -0.05) is 19.3 Å². The number of amides is 1. The minimum atomic E-state index is -0.146. The summed E-state index contributed by atoms with van der Waals surface area (Å²) in [7, 11) is 0. The maximum Gasteiger partial charge on any atom is 0.267 e. The summed E-state index contributed by atoms with van der Waals surface area (Å²) < 4.78 is 1.97. The first-order valence-electron chi connectivity index (χ1n) is 6.59. The number of rotatable bonds is 3. The lowest BCUT2D eigenvalue weighted by Gasteiger charge is -2.23. The number of carbonyl (C=O) groups excluding carboxylic acids is 1. The average molecular weight is 375 g/mol. The Bertz CT molecular complexity index is 521. The van der Waals surface area contributed by atoms with Gasteiger partial charge in [-0.3, -0.25) is 14.2 Å². The number of halogens is 1. The summed E-state index contributed by atoms with van der Waals surface area (Å²) >= 11 is 1.94. The second-order valence-electron chi connectivity index (χ2n) is 4.95. The lowest BCUT2D eigenvalue weighted by atomic mass is 9.95. The Balaban J connectivity index is 2.02. The summed E-state index contributed by atoms with van der Waals surface area (Å²) in [5.41, 5.74) is -0.146. The van der Waals surface area contributed by atoms with Crippen LogP contribution >= 0.6 is 22.6 Å². The van der Waals surface area contributed by atoms with Crippen molar-refractivity contribution in [3.8, 4) is 0 Å². The molecule has 1 aliphatic carbocycles. The van der Waals surface area contributed by atoms with E-state index in [0.29, 0.717) is 9.39 Å². The Morgan fingerprint density at radius 3 is 2.84 bits per heavy atom. The molecule has 1 saturated carbocycles. The highest BCUT2D eigenvalue weighted by atomic mass is 127. The molecule has 1 N–H and O–H groups in total. The fourth-order valence-electron chi connectivity index (χ4n) is 2.40. The van der Waals surface area contributed by atoms with Crippen molar-refractivity contribution in [2.24, 2.45) is 0 Å². The van der Waals surface area contributed by atoms with Crippen LogP contribution in [0.15, 0.2) is 11.0 Å². The molecule has 0 aliphatic heterocycles. The lowest BCUT2D eigenvalue weighted by Crippen LogP contribution is -2.40. The normalized spacial score (nSPS) is 16.3. The number of nitrogens with one attached hydrogen (secondary N) is 1. The molecule has 0 bridgehead atoms. The van der Waals surface area contributed by atoms with Crippen LogP contribution < -0.4 is 10.9 Å². The summed E-state index contributed by atoms with van der Waals surface area (Å²) in [5.74, 6) is 0.477. The van der Waals surface area contributed by atoms with Gasteiger partial charge in [0.1, 0.15) is 12.4 Å². The first-order valence-corrected chi connectivity index (χ1v) is 7.67. The molecule has 0 unspecified atom stereocenters. The van der Waals surface area contributed by atoms with Gasteiger partial charge in [0, 0.05) is 12.2 Å². The van der Waals surface area contributed by atoms with Gasteiger partial charge in [0.05, 0.1) is 3.57 Å². The van der Waals surface area contributed by atoms with Crippen molar-refractivity contribution in [3.05, 3.63) is 25.9 Å². The molecule has 0 spiro atoms. The van der Waals surface area contributed by atoms with Crippen molar-refractivity contribution in [3.63, 3.8) is 0 Å². The molecular formula is C13H18IN3O2. The largest absolute Gasteiger partial charge is 0.352 e. The SMILES string of the molecule is Cc1ncc(I)c(=O)n1CC(=O)NC1CCCCC1. The summed E-state index contributed by atoms with van der Waals surface area (Å²) in [5, 5.41) is 3.01. The van der Waals surface area contributed by atoms with Gasteiger partial charge in [-0.25, -0.2) is 4.98 Å². The van der Waals surface area contributed by atoms with Gasteiger partial charge in [-0.05, 0) is 42.4 Å². The van der Waals surface area contributed by atoms with Crippen molar-refractivity contribution >= 4 is 28.5 Å². The fourth-order valence-corrected chi connectivity index (χ4v) is 2.83. The van der Waals surface area contributed by atoms with Gasteiger partial charge in [0.15, 0.2) is 0 Å². The molecule has 0 saturated heterocycles. The molecule has 1 heterocycles. The van der Waals surface area contributed by atoms with Crippen molar-refractivity contribution in [1.29, 1.82) is 0 Å². The fraction of sp³-hybridized carbons (Fsp3) is 0.615. The zero-order valence-electron chi connectivity index (χ0n) is 11.0. The van der Waals surface area contributed by atoms with Crippen LogP contribution in [0.4, 0.5) is 0 Å². The Kier molecular flexibility index (Phi) is 4.95. The van der Waals surface area contributed by atoms with Crippen molar-refractivity contribution in [1.82, 2.24) is 14.9 Å². The van der Waals surface area contributed by atoms with Crippen LogP contribution in [0.25, 0.3) is 0 Å². The first-order chi connectivity index (χ1) is 9.08. The molecule has 1 aromatic heterocycles. The highest BCUT2D eigenvalue weighted by molar-refractivity contribution is 14.1. The number of carbonyl (C=O) groups is 1. The third kappa shape index (κ3) is 3.77. The van der Waals surface area contributed by atoms with Crippen LogP contribution in [-0.4, -0.2) is 21.5 Å². The van der Waals surface area contributed by atoms with Gasteiger partial charge in [0.25, 0.3) is 5.56 Å². The van der Waals surface area contributed by atoms with Gasteiger partial charge in [-0.2, -0.15) is 0 Å². The van der Waals surface area contributed by atoms with Gasteiger partial charge >= 0.3 is 0 Å². The van der Waals surface area contributed by atoms with Gasteiger partial charge in [0.2, 0.25) is 5.91 Å². The second kappa shape index (κ2) is 6.49. The molecule has 0 atom stereocenters. The molecule has 0 aromatic carbocycles. The van der Waals surface area contributed by atoms with Crippen LogP contribution in [0, 0.1) is 10.5 Å². The van der Waals surface area contributed by atoms with Crippen LogP contribution in [-0.2, 0) is 11.3 Å². The molecule has 1 fully saturated rings. The lowest BCUT2D eigenvalue weighted by molar-refractivity contribution is -0.122. The summed E-state index contributed by atoms with van der Waals surface area (Å²) in [6.45, 7) is 1.80. The molecule has 6 heteroatoms. The van der Waals surface area contributed by atoms with E-state index < -0.39 is 0 Å². The Morgan fingerprint density at radius 1 is 1.47 bits per heavy atom. The molecule has 5 nitrogen and oxygen atoms in total. The summed E-state index contributed by atoms with van der Waals surface area (Å²) in [4.78, 5) is 28.1. The summed E-state index contributed by atoms with van der Waals surface area (Å²) in [6.07, 6.45) is 7.23. The van der Waals surface area contributed by atoms with E-state index in [9.17, 15) is 9.59 Å². The molecule has 1 aliphatic rings. The number of nitrogens with zero attached hydrogens (tertiary/aromatic N) is 2. The molecule has 0 radical (unpaired) electrons. The zero-order chi connectivity index (χ0) is 13.8. The zero-order valence-corrected chi connectivity index (χ0v) is 13.1. The van der Waals surface area contributed by atoms with Crippen molar-refractivity contribution in [2.45, 2.75) is 51.6 Å². The maximum atomic E-state index is 12.0. The van der Waals surface area contributed by atoms with E-state index in [1.54, 1.807) is 6.92 Å². The van der Waals surface area contributed by atoms with E-state index >= 15 is 0 Å². The topological polar surface area (TPSA) is 64.0 Å². The number of hydrogen-bond acceptors (Lipinski definition) is 3. The molecule has 104 valence electrons. The highest BCUT2D eigenvalue weighted by Crippen LogP contribution is 2.17. The maximum absolute atomic E-state index is 12.0. The Hall–Kier alpha value is -0.920. The van der Waals surface area contributed by atoms with Crippen LogP contribution in [0.5, 0.6) is 0 Å². The monoisotopic (exact) mass is 375 g/mol. The number of hydrogen-bond donors (Lipinski definition) is 1. The van der Waals surface area contributed by atoms with E-state index in [-0.39, 0.29) is 24.1 Å². The molecule has 1 aromatic rings. The predicted octanol–water partition coefficient (Wildman–Crippen LogP) is 1.61. The van der Waals surface area contributed by atoms with E-state index in [0.717, 1.165) is 12.8 Å². The standard InChI is InChI=1S/C13H18IN3O2/c1-9-15-7-11(14)13(19)17(9)8-12(18)16-10-5-3-2-4-6-10/h7,10H,2-6,8H2,1H3,(H,16,18). The minimum Gasteiger partial charge on any atom is -0.352 e. The second-order valence-corrected chi connectivity index (χ2v) is 6.11. The smallest absolute Gasteiger partial charge is 0.267 e. The third-order valence-electron chi connectivity index (χ3n) is 3.48. The quantitative estimate of drug-likeness (QED) is 0.817. The van der Waals surface area contributed by atoms with Crippen LogP contribution in [0.2, 0.25) is 0 Å². The molecule has 2 rings (SSSR count). The average Bonchev–Trinajstić information content (AvgIpc) is 2.40. The van der Waals surface area contributed by atoms with E-state index in [1.165, 1.54) is 30.0 Å². The van der Waals surface area contributed by atoms with E-state index in [2.05, 4.69) is 10.3 Å². The van der Waals surface area contributed by atoms with Crippen LogP contribution in [0.1, 0.15) is 37.9 Å². The van der Waals surface area contributed by atoms with Gasteiger partial charge in [-0.15, -0.1) is 0 Å². The predicted molar refractivity (Wildman–Crippen MR) is 81.0 cm³/mol.